The summed E-state index contributed by atoms with van der Waals surface area (Å²) in [5.74, 6) is 0.119. The van der Waals surface area contributed by atoms with Gasteiger partial charge in [-0.25, -0.2) is 4.98 Å². The molecular formula is C20H20N4O3. The van der Waals surface area contributed by atoms with Crippen LogP contribution in [-0.4, -0.2) is 31.1 Å². The zero-order chi connectivity index (χ0) is 19.6. The maximum absolute atomic E-state index is 12.9. The zero-order valence-electron chi connectivity index (χ0n) is 15.3. The van der Waals surface area contributed by atoms with Gasteiger partial charge in [0, 0.05) is 5.56 Å². The number of methoxy groups -OCH3 is 2. The Morgan fingerprint density at radius 1 is 1.00 bits per heavy atom. The normalized spacial score (nSPS) is 10.5. The standard InChI is InChI=1S/C20H20N4O3/c1-11-15(19(25)24-20(21)22)16-13(26-2)9-10-14(27-3)18(16)23-17(11)12-7-5-4-6-8-12/h4-10H,1-3H3,(H4,21,22,24,25). The van der Waals surface area contributed by atoms with Gasteiger partial charge in [-0.05, 0) is 24.6 Å². The quantitative estimate of drug-likeness (QED) is 0.543. The van der Waals surface area contributed by atoms with E-state index < -0.39 is 5.91 Å². The molecular weight excluding hydrogens is 344 g/mol. The first-order chi connectivity index (χ1) is 13.0. The minimum absolute atomic E-state index is 0.313. The highest BCUT2D eigenvalue weighted by Crippen LogP contribution is 2.39. The lowest BCUT2D eigenvalue weighted by molar-refractivity contribution is 0.100. The van der Waals surface area contributed by atoms with E-state index in [0.29, 0.717) is 39.2 Å². The Hall–Kier alpha value is -3.61. The van der Waals surface area contributed by atoms with Gasteiger partial charge in [-0.2, -0.15) is 4.99 Å². The molecule has 0 saturated carbocycles. The maximum atomic E-state index is 12.9. The van der Waals surface area contributed by atoms with E-state index in [1.165, 1.54) is 7.11 Å². The lowest BCUT2D eigenvalue weighted by Crippen LogP contribution is -2.24. The van der Waals surface area contributed by atoms with Crippen molar-refractivity contribution in [2.45, 2.75) is 6.92 Å². The molecule has 3 rings (SSSR count). The van der Waals surface area contributed by atoms with Crippen molar-refractivity contribution in [3.8, 4) is 22.8 Å². The summed E-state index contributed by atoms with van der Waals surface area (Å²) in [6.07, 6.45) is 0. The highest BCUT2D eigenvalue weighted by atomic mass is 16.5. The Balaban J connectivity index is 2.49. The zero-order valence-corrected chi connectivity index (χ0v) is 15.3. The first-order valence-corrected chi connectivity index (χ1v) is 8.22. The number of aromatic nitrogens is 1. The van der Waals surface area contributed by atoms with Crippen LogP contribution in [0.1, 0.15) is 15.9 Å². The second-order valence-electron chi connectivity index (χ2n) is 5.86. The Bertz CT molecular complexity index is 1040. The molecule has 7 nitrogen and oxygen atoms in total. The van der Waals surface area contributed by atoms with Crippen LogP contribution in [-0.2, 0) is 0 Å². The molecule has 0 atom stereocenters. The summed E-state index contributed by atoms with van der Waals surface area (Å²) in [5.41, 5.74) is 13.8. The molecule has 138 valence electrons. The predicted molar refractivity (Wildman–Crippen MR) is 105 cm³/mol. The number of guanidine groups is 1. The van der Waals surface area contributed by atoms with Crippen LogP contribution in [0.25, 0.3) is 22.2 Å². The van der Waals surface area contributed by atoms with Gasteiger partial charge in [0.15, 0.2) is 5.96 Å². The molecule has 0 fully saturated rings. The fourth-order valence-corrected chi connectivity index (χ4v) is 3.06. The molecule has 0 aliphatic heterocycles. The number of hydrogen-bond acceptors (Lipinski definition) is 4. The number of nitrogens with zero attached hydrogens (tertiary/aromatic N) is 2. The number of carbonyl (C=O) groups excluding carboxylic acids is 1. The molecule has 1 aromatic heterocycles. The topological polar surface area (TPSA) is 113 Å². The van der Waals surface area contributed by atoms with E-state index >= 15 is 0 Å². The number of nitrogens with two attached hydrogens (primary N) is 2. The number of aliphatic imine (C=N–C) groups is 1. The third-order valence-electron chi connectivity index (χ3n) is 4.24. The number of benzene rings is 2. The molecule has 3 aromatic rings. The van der Waals surface area contributed by atoms with E-state index in [2.05, 4.69) is 4.99 Å². The number of ether oxygens (including phenoxy) is 2. The van der Waals surface area contributed by atoms with Gasteiger partial charge in [0.1, 0.15) is 17.0 Å². The molecule has 4 N–H and O–H groups in total. The molecule has 0 bridgehead atoms. The average Bonchev–Trinajstić information content (AvgIpc) is 2.66. The third-order valence-corrected chi connectivity index (χ3v) is 4.24. The van der Waals surface area contributed by atoms with Crippen LogP contribution in [0.5, 0.6) is 11.5 Å². The van der Waals surface area contributed by atoms with E-state index in [1.54, 1.807) is 19.2 Å². The fraction of sp³-hybridized carbons (Fsp3) is 0.150. The van der Waals surface area contributed by atoms with E-state index in [-0.39, 0.29) is 5.96 Å². The van der Waals surface area contributed by atoms with Crippen LogP contribution in [0.4, 0.5) is 0 Å². The van der Waals surface area contributed by atoms with Gasteiger partial charge in [0.2, 0.25) is 0 Å². The Morgan fingerprint density at radius 3 is 2.22 bits per heavy atom. The van der Waals surface area contributed by atoms with Crippen LogP contribution >= 0.6 is 0 Å². The van der Waals surface area contributed by atoms with Crippen LogP contribution in [0, 0.1) is 6.92 Å². The molecule has 0 aliphatic rings. The molecule has 0 spiro atoms. The Labute approximate surface area is 156 Å². The van der Waals surface area contributed by atoms with Crippen molar-refractivity contribution in [1.82, 2.24) is 4.98 Å². The second-order valence-corrected chi connectivity index (χ2v) is 5.86. The molecule has 0 unspecified atom stereocenters. The van der Waals surface area contributed by atoms with Crippen molar-refractivity contribution in [1.29, 1.82) is 0 Å². The Morgan fingerprint density at radius 2 is 1.63 bits per heavy atom. The van der Waals surface area contributed by atoms with E-state index in [4.69, 9.17) is 25.9 Å². The number of fused-ring (bicyclic) bond motifs is 1. The van der Waals surface area contributed by atoms with Crippen molar-refractivity contribution < 1.29 is 14.3 Å². The lowest BCUT2D eigenvalue weighted by Gasteiger charge is -2.16. The first kappa shape index (κ1) is 18.2. The minimum Gasteiger partial charge on any atom is -0.496 e. The number of hydrogen-bond donors (Lipinski definition) is 2. The van der Waals surface area contributed by atoms with Crippen molar-refractivity contribution in [3.63, 3.8) is 0 Å². The average molecular weight is 364 g/mol. The predicted octanol–water partition coefficient (Wildman–Crippen LogP) is 2.64. The summed E-state index contributed by atoms with van der Waals surface area (Å²) in [5, 5.41) is 0.504. The molecule has 0 aliphatic carbocycles. The van der Waals surface area contributed by atoms with Gasteiger partial charge < -0.3 is 20.9 Å². The highest BCUT2D eigenvalue weighted by Gasteiger charge is 2.23. The van der Waals surface area contributed by atoms with Crippen molar-refractivity contribution in [3.05, 3.63) is 53.6 Å². The summed E-state index contributed by atoms with van der Waals surface area (Å²) >= 11 is 0. The monoisotopic (exact) mass is 364 g/mol. The molecule has 2 aromatic carbocycles. The smallest absolute Gasteiger partial charge is 0.281 e. The summed E-state index contributed by atoms with van der Waals surface area (Å²) in [6, 6.07) is 13.0. The van der Waals surface area contributed by atoms with Gasteiger partial charge in [0.05, 0.1) is 30.9 Å². The molecule has 27 heavy (non-hydrogen) atoms. The maximum Gasteiger partial charge on any atom is 0.281 e. The molecule has 7 heteroatoms. The molecule has 0 radical (unpaired) electrons. The first-order valence-electron chi connectivity index (χ1n) is 8.22. The Kier molecular flexibility index (Phi) is 4.94. The summed E-state index contributed by atoms with van der Waals surface area (Å²) in [6.45, 7) is 1.81. The molecule has 1 heterocycles. The second kappa shape index (κ2) is 7.33. The van der Waals surface area contributed by atoms with Crippen molar-refractivity contribution in [2.75, 3.05) is 14.2 Å². The van der Waals surface area contributed by atoms with Crippen molar-refractivity contribution in [2.24, 2.45) is 16.5 Å². The largest absolute Gasteiger partial charge is 0.496 e. The minimum atomic E-state index is -0.566. The highest BCUT2D eigenvalue weighted by molar-refractivity contribution is 6.14. The SMILES string of the molecule is COc1ccc(OC)c2c(C(=O)N=C(N)N)c(C)c(-c3ccccc3)nc12. The van der Waals surface area contributed by atoms with Gasteiger partial charge in [-0.3, -0.25) is 4.79 Å². The van der Waals surface area contributed by atoms with Gasteiger partial charge in [-0.15, -0.1) is 0 Å². The van der Waals surface area contributed by atoms with E-state index in [0.717, 1.165) is 5.56 Å². The number of rotatable bonds is 4. The summed E-state index contributed by atoms with van der Waals surface area (Å²) in [7, 11) is 3.07. The number of carbonyl (C=O) groups is 1. The summed E-state index contributed by atoms with van der Waals surface area (Å²) < 4.78 is 10.9. The number of pyridine rings is 1. The van der Waals surface area contributed by atoms with E-state index in [1.807, 2.05) is 37.3 Å². The fourth-order valence-electron chi connectivity index (χ4n) is 3.06. The van der Waals surface area contributed by atoms with Gasteiger partial charge in [0.25, 0.3) is 5.91 Å². The number of amides is 1. The van der Waals surface area contributed by atoms with Gasteiger partial charge in [-0.1, -0.05) is 30.3 Å². The van der Waals surface area contributed by atoms with Crippen molar-refractivity contribution >= 4 is 22.8 Å². The lowest BCUT2D eigenvalue weighted by atomic mass is 9.96. The molecule has 1 amide bonds. The van der Waals surface area contributed by atoms with Crippen LogP contribution in [0.2, 0.25) is 0 Å². The van der Waals surface area contributed by atoms with Crippen LogP contribution in [0.15, 0.2) is 47.5 Å². The summed E-state index contributed by atoms with van der Waals surface area (Å²) in [4.78, 5) is 21.4. The van der Waals surface area contributed by atoms with E-state index in [9.17, 15) is 4.79 Å². The third kappa shape index (κ3) is 3.27. The van der Waals surface area contributed by atoms with Gasteiger partial charge >= 0.3 is 0 Å². The van der Waals surface area contributed by atoms with Crippen LogP contribution < -0.4 is 20.9 Å². The van der Waals surface area contributed by atoms with Crippen LogP contribution in [0.3, 0.4) is 0 Å². The molecule has 0 saturated heterocycles.